The topological polar surface area (TPSA) is 88.3 Å². The SMILES string of the molecule is CC(C)CC(=O)N1CCC(NC(=O)CSc2nnc(-c3ccc(Cl)cc3)o2)CC1. The number of benzene rings is 1. The van der Waals surface area contributed by atoms with Gasteiger partial charge in [-0.1, -0.05) is 37.2 Å². The van der Waals surface area contributed by atoms with Gasteiger partial charge in [0, 0.05) is 36.1 Å². The standard InChI is InChI=1S/C20H25ClN4O3S/c1-13(2)11-18(27)25-9-7-16(8-10-25)22-17(26)12-29-20-24-23-19(28-20)14-3-5-15(21)6-4-14/h3-6,13,16H,7-12H2,1-2H3,(H,22,26). The smallest absolute Gasteiger partial charge is 0.277 e. The van der Waals surface area contributed by atoms with Crippen LogP contribution < -0.4 is 5.32 Å². The van der Waals surface area contributed by atoms with E-state index in [1.807, 2.05) is 18.7 Å². The van der Waals surface area contributed by atoms with Crippen LogP contribution in [0.4, 0.5) is 0 Å². The Morgan fingerprint density at radius 2 is 1.93 bits per heavy atom. The van der Waals surface area contributed by atoms with Crippen LogP contribution in [0.1, 0.15) is 33.1 Å². The van der Waals surface area contributed by atoms with Crippen LogP contribution in [0.3, 0.4) is 0 Å². The van der Waals surface area contributed by atoms with E-state index < -0.39 is 0 Å². The molecule has 156 valence electrons. The number of piperidine rings is 1. The molecule has 9 heteroatoms. The second-order valence-electron chi connectivity index (χ2n) is 7.49. The molecule has 0 bridgehead atoms. The first kappa shape index (κ1) is 21.6. The van der Waals surface area contributed by atoms with Crippen molar-refractivity contribution in [2.75, 3.05) is 18.8 Å². The van der Waals surface area contributed by atoms with Crippen molar-refractivity contribution in [1.82, 2.24) is 20.4 Å². The Labute approximate surface area is 179 Å². The third-order valence-corrected chi connectivity index (χ3v) is 5.69. The molecule has 3 rings (SSSR count). The summed E-state index contributed by atoms with van der Waals surface area (Å²) in [5.41, 5.74) is 0.775. The van der Waals surface area contributed by atoms with Gasteiger partial charge in [0.15, 0.2) is 0 Å². The molecule has 0 unspecified atom stereocenters. The van der Waals surface area contributed by atoms with Crippen LogP contribution in [-0.4, -0.2) is 51.8 Å². The Hall–Kier alpha value is -2.06. The lowest BCUT2D eigenvalue weighted by atomic mass is 10.0. The highest BCUT2D eigenvalue weighted by molar-refractivity contribution is 7.99. The summed E-state index contributed by atoms with van der Waals surface area (Å²) < 4.78 is 5.60. The molecule has 0 saturated carbocycles. The number of aromatic nitrogens is 2. The first-order valence-corrected chi connectivity index (χ1v) is 11.1. The maximum atomic E-state index is 12.2. The first-order valence-electron chi connectivity index (χ1n) is 9.70. The van der Waals surface area contributed by atoms with Crippen LogP contribution in [0.15, 0.2) is 33.9 Å². The van der Waals surface area contributed by atoms with E-state index in [0.29, 0.717) is 41.6 Å². The normalized spacial score (nSPS) is 15.0. The van der Waals surface area contributed by atoms with E-state index in [9.17, 15) is 9.59 Å². The molecule has 1 aliphatic rings. The monoisotopic (exact) mass is 436 g/mol. The molecular formula is C20H25ClN4O3S. The number of amides is 2. The van der Waals surface area contributed by atoms with Crippen molar-refractivity contribution in [2.24, 2.45) is 5.92 Å². The summed E-state index contributed by atoms with van der Waals surface area (Å²) in [6, 6.07) is 7.20. The van der Waals surface area contributed by atoms with E-state index in [1.165, 1.54) is 11.8 Å². The van der Waals surface area contributed by atoms with E-state index in [4.69, 9.17) is 16.0 Å². The summed E-state index contributed by atoms with van der Waals surface area (Å²) in [7, 11) is 0. The zero-order valence-electron chi connectivity index (χ0n) is 16.6. The van der Waals surface area contributed by atoms with Gasteiger partial charge in [0.1, 0.15) is 0 Å². The number of nitrogens with one attached hydrogen (secondary N) is 1. The van der Waals surface area contributed by atoms with E-state index in [-0.39, 0.29) is 23.6 Å². The molecule has 2 aromatic rings. The van der Waals surface area contributed by atoms with Crippen molar-refractivity contribution in [3.8, 4) is 11.5 Å². The maximum Gasteiger partial charge on any atom is 0.277 e. The van der Waals surface area contributed by atoms with Gasteiger partial charge >= 0.3 is 0 Å². The number of nitrogens with zero attached hydrogens (tertiary/aromatic N) is 3. The van der Waals surface area contributed by atoms with Crippen LogP contribution in [0.2, 0.25) is 5.02 Å². The number of thioether (sulfide) groups is 1. The summed E-state index contributed by atoms with van der Waals surface area (Å²) in [6.07, 6.45) is 2.14. The lowest BCUT2D eigenvalue weighted by Gasteiger charge is -2.32. The van der Waals surface area contributed by atoms with Crippen molar-refractivity contribution in [1.29, 1.82) is 0 Å². The summed E-state index contributed by atoms with van der Waals surface area (Å²) in [6.45, 7) is 5.48. The molecule has 1 aromatic heterocycles. The van der Waals surface area contributed by atoms with Gasteiger partial charge in [-0.2, -0.15) is 0 Å². The molecule has 1 N–H and O–H groups in total. The minimum atomic E-state index is -0.0757. The molecular weight excluding hydrogens is 412 g/mol. The Kier molecular flexibility index (Phi) is 7.55. The number of halogens is 1. The minimum absolute atomic E-state index is 0.0757. The maximum absolute atomic E-state index is 12.2. The van der Waals surface area contributed by atoms with Crippen LogP contribution in [0, 0.1) is 5.92 Å². The fraction of sp³-hybridized carbons (Fsp3) is 0.500. The van der Waals surface area contributed by atoms with Gasteiger partial charge in [0.25, 0.3) is 5.22 Å². The first-order chi connectivity index (χ1) is 13.9. The third-order valence-electron chi connectivity index (χ3n) is 4.62. The Balaban J connectivity index is 1.41. The second kappa shape index (κ2) is 10.1. The molecule has 2 heterocycles. The molecule has 0 spiro atoms. The molecule has 7 nitrogen and oxygen atoms in total. The number of hydrogen-bond acceptors (Lipinski definition) is 6. The minimum Gasteiger partial charge on any atom is -0.411 e. The highest BCUT2D eigenvalue weighted by Crippen LogP contribution is 2.24. The van der Waals surface area contributed by atoms with E-state index in [1.54, 1.807) is 24.3 Å². The van der Waals surface area contributed by atoms with Crippen molar-refractivity contribution in [3.05, 3.63) is 29.3 Å². The predicted molar refractivity (Wildman–Crippen MR) is 113 cm³/mol. The fourth-order valence-corrected chi connectivity index (χ4v) is 3.83. The van der Waals surface area contributed by atoms with Crippen molar-refractivity contribution in [3.63, 3.8) is 0 Å². The summed E-state index contributed by atoms with van der Waals surface area (Å²) in [5, 5.41) is 12.0. The fourth-order valence-electron chi connectivity index (χ4n) is 3.13. The number of hydrogen-bond donors (Lipinski definition) is 1. The van der Waals surface area contributed by atoms with Gasteiger partial charge in [-0.25, -0.2) is 0 Å². The molecule has 1 fully saturated rings. The molecule has 0 radical (unpaired) electrons. The second-order valence-corrected chi connectivity index (χ2v) is 8.85. The van der Waals surface area contributed by atoms with Crippen LogP contribution in [0.25, 0.3) is 11.5 Å². The quantitative estimate of drug-likeness (QED) is 0.666. The van der Waals surface area contributed by atoms with Gasteiger partial charge in [-0.3, -0.25) is 9.59 Å². The molecule has 1 saturated heterocycles. The Bertz CT molecular complexity index is 833. The third kappa shape index (κ3) is 6.47. The van der Waals surface area contributed by atoms with Gasteiger partial charge < -0.3 is 14.6 Å². The molecule has 1 aliphatic heterocycles. The Morgan fingerprint density at radius 1 is 1.24 bits per heavy atom. The average Bonchev–Trinajstić information content (AvgIpc) is 3.16. The molecule has 1 aromatic carbocycles. The lowest BCUT2D eigenvalue weighted by molar-refractivity contribution is -0.133. The lowest BCUT2D eigenvalue weighted by Crippen LogP contribution is -2.47. The summed E-state index contributed by atoms with van der Waals surface area (Å²) in [4.78, 5) is 26.3. The number of rotatable bonds is 7. The Morgan fingerprint density at radius 3 is 2.59 bits per heavy atom. The van der Waals surface area contributed by atoms with Gasteiger partial charge in [0.2, 0.25) is 17.7 Å². The van der Waals surface area contributed by atoms with Crippen molar-refractivity contribution < 1.29 is 14.0 Å². The van der Waals surface area contributed by atoms with Gasteiger partial charge in [-0.15, -0.1) is 10.2 Å². The molecule has 0 atom stereocenters. The van der Waals surface area contributed by atoms with Gasteiger partial charge in [-0.05, 0) is 43.0 Å². The van der Waals surface area contributed by atoms with E-state index >= 15 is 0 Å². The predicted octanol–water partition coefficient (Wildman–Crippen LogP) is 3.64. The van der Waals surface area contributed by atoms with Crippen molar-refractivity contribution >= 4 is 35.2 Å². The number of carbonyl (C=O) groups excluding carboxylic acids is 2. The largest absolute Gasteiger partial charge is 0.411 e. The summed E-state index contributed by atoms with van der Waals surface area (Å²) in [5.74, 6) is 1.08. The van der Waals surface area contributed by atoms with Gasteiger partial charge in [0.05, 0.1) is 5.75 Å². The van der Waals surface area contributed by atoms with E-state index in [2.05, 4.69) is 15.5 Å². The van der Waals surface area contributed by atoms with E-state index in [0.717, 1.165) is 18.4 Å². The number of carbonyl (C=O) groups is 2. The average molecular weight is 437 g/mol. The number of likely N-dealkylation sites (tertiary alicyclic amines) is 1. The van der Waals surface area contributed by atoms with Crippen molar-refractivity contribution in [2.45, 2.75) is 44.4 Å². The van der Waals surface area contributed by atoms with Crippen LogP contribution >= 0.6 is 23.4 Å². The summed E-state index contributed by atoms with van der Waals surface area (Å²) >= 11 is 7.08. The zero-order valence-corrected chi connectivity index (χ0v) is 18.1. The highest BCUT2D eigenvalue weighted by Gasteiger charge is 2.24. The molecule has 2 amide bonds. The zero-order chi connectivity index (χ0) is 20.8. The van der Waals surface area contributed by atoms with Crippen LogP contribution in [0.5, 0.6) is 0 Å². The molecule has 29 heavy (non-hydrogen) atoms. The highest BCUT2D eigenvalue weighted by atomic mass is 35.5. The molecule has 0 aliphatic carbocycles. The van der Waals surface area contributed by atoms with Crippen LogP contribution in [-0.2, 0) is 9.59 Å².